The van der Waals surface area contributed by atoms with E-state index in [2.05, 4.69) is 19.1 Å². The molecule has 7 heteroatoms. The number of hydrogen-bond acceptors (Lipinski definition) is 6. The number of carbonyl (C=O) groups excluding carboxylic acids is 1. The van der Waals surface area contributed by atoms with E-state index in [9.17, 15) is 4.79 Å². The van der Waals surface area contributed by atoms with Gasteiger partial charge < -0.3 is 23.7 Å². The van der Waals surface area contributed by atoms with Crippen molar-refractivity contribution in [2.45, 2.75) is 127 Å². The van der Waals surface area contributed by atoms with Crippen LogP contribution in [0.5, 0.6) is 0 Å². The second kappa shape index (κ2) is 14.0. The van der Waals surface area contributed by atoms with Gasteiger partial charge in [0.05, 0.1) is 6.61 Å². The normalized spacial score (nSPS) is 32.0. The van der Waals surface area contributed by atoms with Gasteiger partial charge in [-0.25, -0.2) is 0 Å². The van der Waals surface area contributed by atoms with Gasteiger partial charge in [0, 0.05) is 30.6 Å². The number of fused-ring (bicyclic) bond motifs is 5. The highest BCUT2D eigenvalue weighted by molar-refractivity contribution is 5.81. The molecule has 4 fully saturated rings. The Bertz CT molecular complexity index is 1130. The summed E-state index contributed by atoms with van der Waals surface area (Å²) >= 11 is 0. The minimum absolute atomic E-state index is 0.0765. The maximum absolute atomic E-state index is 13.5. The largest absolute Gasteiger partial charge is 0.350 e. The van der Waals surface area contributed by atoms with Crippen LogP contribution < -0.4 is 0 Å². The first-order chi connectivity index (χ1) is 20.7. The topological polar surface area (TPSA) is 66.5 Å². The molecule has 42 heavy (non-hydrogen) atoms. The highest BCUT2D eigenvalue weighted by atomic mass is 16.8. The first kappa shape index (κ1) is 29.8. The molecule has 1 unspecified atom stereocenters. The zero-order chi connectivity index (χ0) is 28.8. The molecule has 4 saturated heterocycles. The van der Waals surface area contributed by atoms with E-state index in [4.69, 9.17) is 23.7 Å². The zero-order valence-corrected chi connectivity index (χ0v) is 25.0. The quantitative estimate of drug-likeness (QED) is 0.225. The molecule has 0 N–H and O–H groups in total. The van der Waals surface area contributed by atoms with E-state index < -0.39 is 18.3 Å². The monoisotopic (exact) mass is 577 g/mol. The molecular formula is C35H47NO6. The molecular weight excluding hydrogens is 530 g/mol. The van der Waals surface area contributed by atoms with Crippen LogP contribution in [-0.4, -0.2) is 54.7 Å². The fourth-order valence-electron chi connectivity index (χ4n) is 7.19. The van der Waals surface area contributed by atoms with Gasteiger partial charge in [-0.15, -0.1) is 0 Å². The molecule has 0 spiro atoms. The molecule has 0 aliphatic carbocycles. The highest BCUT2D eigenvalue weighted by Crippen LogP contribution is 2.53. The Morgan fingerprint density at radius 1 is 0.833 bits per heavy atom. The van der Waals surface area contributed by atoms with Gasteiger partial charge in [0.15, 0.2) is 18.3 Å². The molecule has 0 aromatic heterocycles. The van der Waals surface area contributed by atoms with E-state index in [-0.39, 0.29) is 30.3 Å². The third kappa shape index (κ3) is 6.18. The molecule has 0 saturated carbocycles. The Hall–Kier alpha value is -2.29. The van der Waals surface area contributed by atoms with Crippen LogP contribution in [0.2, 0.25) is 0 Å². The van der Waals surface area contributed by atoms with Crippen molar-refractivity contribution in [3.63, 3.8) is 0 Å². The van der Waals surface area contributed by atoms with Crippen molar-refractivity contribution < 1.29 is 28.5 Å². The third-order valence-corrected chi connectivity index (χ3v) is 9.35. The number of amides is 1. The van der Waals surface area contributed by atoms with E-state index in [1.807, 2.05) is 53.4 Å². The van der Waals surface area contributed by atoms with Gasteiger partial charge in [-0.05, 0) is 6.42 Å². The lowest BCUT2D eigenvalue weighted by molar-refractivity contribution is -0.342. The predicted octanol–water partition coefficient (Wildman–Crippen LogP) is 7.01. The summed E-state index contributed by atoms with van der Waals surface area (Å²) in [6, 6.07) is 19.7. The maximum Gasteiger partial charge on any atom is 0.225 e. The SMILES string of the molecule is CCCCCCCCCCCCO[C@@H]1O[C@@H]2COC(c3ccccc3)O[C@H]2[C@H]2O[C@]3(c4ccccc4)CCC(=O)N3[C@@H]12. The average Bonchev–Trinajstić information content (AvgIpc) is 3.56. The molecule has 6 rings (SSSR count). The van der Waals surface area contributed by atoms with Crippen LogP contribution in [0.3, 0.4) is 0 Å². The molecule has 228 valence electrons. The van der Waals surface area contributed by atoms with Gasteiger partial charge in [-0.2, -0.15) is 0 Å². The van der Waals surface area contributed by atoms with Crippen molar-refractivity contribution in [2.75, 3.05) is 13.2 Å². The molecule has 1 amide bonds. The molecule has 2 aromatic carbocycles. The molecule has 4 aliphatic heterocycles. The Balaban J connectivity index is 1.13. The summed E-state index contributed by atoms with van der Waals surface area (Å²) in [4.78, 5) is 15.4. The molecule has 4 heterocycles. The lowest BCUT2D eigenvalue weighted by Crippen LogP contribution is -2.64. The van der Waals surface area contributed by atoms with Crippen molar-refractivity contribution in [1.82, 2.24) is 4.90 Å². The lowest BCUT2D eigenvalue weighted by Gasteiger charge is -2.47. The van der Waals surface area contributed by atoms with E-state index in [1.165, 1.54) is 51.4 Å². The van der Waals surface area contributed by atoms with E-state index in [1.54, 1.807) is 0 Å². The number of ether oxygens (including phenoxy) is 5. The molecule has 0 bridgehead atoms. The van der Waals surface area contributed by atoms with Crippen LogP contribution >= 0.6 is 0 Å². The predicted molar refractivity (Wildman–Crippen MR) is 159 cm³/mol. The second-order valence-electron chi connectivity index (χ2n) is 12.3. The van der Waals surface area contributed by atoms with Crippen LogP contribution in [0.25, 0.3) is 0 Å². The van der Waals surface area contributed by atoms with E-state index in [0.717, 1.165) is 24.0 Å². The first-order valence-electron chi connectivity index (χ1n) is 16.4. The lowest BCUT2D eigenvalue weighted by atomic mass is 9.95. The zero-order valence-electron chi connectivity index (χ0n) is 25.0. The van der Waals surface area contributed by atoms with Crippen LogP contribution in [0.4, 0.5) is 0 Å². The highest BCUT2D eigenvalue weighted by Gasteiger charge is 2.67. The standard InChI is InChI=1S/C35H47NO6/c1-2-3-4-5-6-7-8-9-10-17-24-38-34-30-32(31-28(40-34)25-39-33(41-31)26-18-13-11-14-19-26)42-35(23-22-29(37)36(30)35)27-20-15-12-16-21-27/h11-16,18-21,28,30-34H,2-10,17,22-25H2,1H3/t28-,30-,31-,32+,33?,34-,35+/m1/s1. The van der Waals surface area contributed by atoms with Gasteiger partial charge in [-0.3, -0.25) is 9.69 Å². The number of carbonyl (C=O) groups is 1. The smallest absolute Gasteiger partial charge is 0.225 e. The molecule has 7 nitrogen and oxygen atoms in total. The van der Waals surface area contributed by atoms with E-state index >= 15 is 0 Å². The summed E-state index contributed by atoms with van der Waals surface area (Å²) in [6.07, 6.45) is 11.5. The Morgan fingerprint density at radius 2 is 1.50 bits per heavy atom. The van der Waals surface area contributed by atoms with Crippen molar-refractivity contribution in [3.8, 4) is 0 Å². The van der Waals surface area contributed by atoms with Crippen molar-refractivity contribution in [1.29, 1.82) is 0 Å². The van der Waals surface area contributed by atoms with Crippen LogP contribution in [-0.2, 0) is 34.2 Å². The van der Waals surface area contributed by atoms with Gasteiger partial charge in [0.2, 0.25) is 5.91 Å². The summed E-state index contributed by atoms with van der Waals surface area (Å²) in [7, 11) is 0. The fraction of sp³-hybridized carbons (Fsp3) is 0.629. The van der Waals surface area contributed by atoms with Crippen LogP contribution in [0.15, 0.2) is 60.7 Å². The fourth-order valence-corrected chi connectivity index (χ4v) is 7.19. The van der Waals surface area contributed by atoms with Crippen LogP contribution in [0, 0.1) is 0 Å². The number of nitrogens with zero attached hydrogens (tertiary/aromatic N) is 1. The maximum atomic E-state index is 13.5. The Morgan fingerprint density at radius 3 is 2.21 bits per heavy atom. The summed E-state index contributed by atoms with van der Waals surface area (Å²) in [5.74, 6) is 0.0765. The second-order valence-corrected chi connectivity index (χ2v) is 12.3. The first-order valence-corrected chi connectivity index (χ1v) is 16.4. The van der Waals surface area contributed by atoms with Crippen molar-refractivity contribution in [3.05, 3.63) is 71.8 Å². The number of unbranched alkanes of at least 4 members (excludes halogenated alkanes) is 9. The number of hydrogen-bond donors (Lipinski definition) is 0. The van der Waals surface area contributed by atoms with Gasteiger partial charge in [-0.1, -0.05) is 125 Å². The molecule has 0 radical (unpaired) electrons. The molecule has 7 atom stereocenters. The summed E-state index contributed by atoms with van der Waals surface area (Å²) in [5.41, 5.74) is 1.11. The summed E-state index contributed by atoms with van der Waals surface area (Å²) in [6.45, 7) is 3.23. The van der Waals surface area contributed by atoms with Gasteiger partial charge >= 0.3 is 0 Å². The third-order valence-electron chi connectivity index (χ3n) is 9.35. The Kier molecular flexibility index (Phi) is 9.92. The van der Waals surface area contributed by atoms with Gasteiger partial charge in [0.1, 0.15) is 24.4 Å². The van der Waals surface area contributed by atoms with E-state index in [0.29, 0.717) is 26.1 Å². The Labute approximate surface area is 250 Å². The summed E-state index contributed by atoms with van der Waals surface area (Å²) < 4.78 is 32.7. The van der Waals surface area contributed by atoms with Crippen molar-refractivity contribution in [2.24, 2.45) is 0 Å². The number of rotatable bonds is 14. The van der Waals surface area contributed by atoms with Crippen molar-refractivity contribution >= 4 is 5.91 Å². The minimum atomic E-state index is -0.839. The number of benzene rings is 2. The summed E-state index contributed by atoms with van der Waals surface area (Å²) in [5, 5.41) is 0. The minimum Gasteiger partial charge on any atom is -0.350 e. The average molecular weight is 578 g/mol. The van der Waals surface area contributed by atoms with Crippen LogP contribution in [0.1, 0.15) is 101 Å². The molecule has 4 aliphatic rings. The van der Waals surface area contributed by atoms with Gasteiger partial charge in [0.25, 0.3) is 0 Å². The molecule has 2 aromatic rings.